The molecular weight excluding hydrogens is 274 g/mol. The van der Waals surface area contributed by atoms with Crippen LogP contribution in [0.15, 0.2) is 30.1 Å². The van der Waals surface area contributed by atoms with Gasteiger partial charge in [-0.1, -0.05) is 13.8 Å². The Hall–Kier alpha value is -2.29. The summed E-state index contributed by atoms with van der Waals surface area (Å²) in [5, 5.41) is 2.04. The molecule has 2 atom stereocenters. The number of ketones is 1. The minimum absolute atomic E-state index is 0.122. The van der Waals surface area contributed by atoms with E-state index in [1.807, 2.05) is 19.2 Å². The second-order valence-electron chi connectivity index (χ2n) is 6.43. The zero-order chi connectivity index (χ0) is 15.4. The van der Waals surface area contributed by atoms with Gasteiger partial charge in [0.1, 0.15) is 6.29 Å². The van der Waals surface area contributed by atoms with Gasteiger partial charge in [0.2, 0.25) is 0 Å². The largest absolute Gasteiger partial charge is 0.298 e. The predicted octanol–water partition coefficient (Wildman–Crippen LogP) is 3.92. The SMILES string of the molecule is C[C@@H]1CCC(c2cc3c4c(cncc4c2)[C@H](C)C3=O)=C1C=O. The number of hydrogen-bond acceptors (Lipinski definition) is 3. The van der Waals surface area contributed by atoms with Gasteiger partial charge in [-0.2, -0.15) is 0 Å². The van der Waals surface area contributed by atoms with Crippen molar-refractivity contribution in [3.63, 3.8) is 0 Å². The first-order valence-corrected chi connectivity index (χ1v) is 7.76. The van der Waals surface area contributed by atoms with Crippen LogP contribution >= 0.6 is 0 Å². The van der Waals surface area contributed by atoms with Crippen molar-refractivity contribution in [1.82, 2.24) is 4.98 Å². The number of carbonyl (C=O) groups is 2. The number of hydrogen-bond donors (Lipinski definition) is 0. The molecule has 4 rings (SSSR count). The average Bonchev–Trinajstić information content (AvgIpc) is 3.02. The van der Waals surface area contributed by atoms with E-state index in [2.05, 4.69) is 18.0 Å². The Morgan fingerprint density at radius 2 is 2.05 bits per heavy atom. The molecule has 2 aromatic rings. The molecule has 0 saturated heterocycles. The molecule has 2 aliphatic carbocycles. The van der Waals surface area contributed by atoms with Gasteiger partial charge < -0.3 is 0 Å². The smallest absolute Gasteiger partial charge is 0.170 e. The fraction of sp³-hybridized carbons (Fsp3) is 0.316. The van der Waals surface area contributed by atoms with Crippen molar-refractivity contribution in [3.05, 3.63) is 46.8 Å². The van der Waals surface area contributed by atoms with Gasteiger partial charge in [0.15, 0.2) is 5.78 Å². The molecule has 0 spiro atoms. The number of nitrogens with zero attached hydrogens (tertiary/aromatic N) is 1. The molecule has 110 valence electrons. The van der Waals surface area contributed by atoms with Crippen LogP contribution in [0.1, 0.15) is 54.1 Å². The lowest BCUT2D eigenvalue weighted by Crippen LogP contribution is -2.01. The molecule has 0 aliphatic heterocycles. The van der Waals surface area contributed by atoms with Crippen LogP contribution in [0.25, 0.3) is 16.3 Å². The Morgan fingerprint density at radius 1 is 1.23 bits per heavy atom. The molecule has 0 radical (unpaired) electrons. The van der Waals surface area contributed by atoms with Gasteiger partial charge in [-0.25, -0.2) is 0 Å². The van der Waals surface area contributed by atoms with Crippen LogP contribution in [0, 0.1) is 5.92 Å². The van der Waals surface area contributed by atoms with Crippen LogP contribution in [-0.4, -0.2) is 17.1 Å². The quantitative estimate of drug-likeness (QED) is 0.788. The van der Waals surface area contributed by atoms with Gasteiger partial charge in [-0.05, 0) is 58.6 Å². The third-order valence-corrected chi connectivity index (χ3v) is 5.19. The molecule has 0 fully saturated rings. The first-order valence-electron chi connectivity index (χ1n) is 7.76. The van der Waals surface area contributed by atoms with Crippen molar-refractivity contribution in [2.45, 2.75) is 32.6 Å². The lowest BCUT2D eigenvalue weighted by atomic mass is 9.95. The summed E-state index contributed by atoms with van der Waals surface area (Å²) in [6.07, 6.45) is 6.50. The molecule has 0 amide bonds. The molecule has 1 heterocycles. The van der Waals surface area contributed by atoms with E-state index < -0.39 is 0 Å². The van der Waals surface area contributed by atoms with Crippen LogP contribution < -0.4 is 0 Å². The second kappa shape index (κ2) is 4.60. The fourth-order valence-electron chi connectivity index (χ4n) is 3.88. The van der Waals surface area contributed by atoms with E-state index in [0.717, 1.165) is 57.7 Å². The number of carbonyl (C=O) groups excluding carboxylic acids is 2. The third-order valence-electron chi connectivity index (χ3n) is 5.19. The highest BCUT2D eigenvalue weighted by atomic mass is 16.1. The summed E-state index contributed by atoms with van der Waals surface area (Å²) in [6, 6.07) is 4.06. The second-order valence-corrected chi connectivity index (χ2v) is 6.43. The molecule has 0 N–H and O–H groups in total. The molecule has 3 heteroatoms. The van der Waals surface area contributed by atoms with Crippen molar-refractivity contribution in [2.75, 3.05) is 0 Å². The van der Waals surface area contributed by atoms with E-state index in [4.69, 9.17) is 0 Å². The number of rotatable bonds is 2. The maximum Gasteiger partial charge on any atom is 0.170 e. The van der Waals surface area contributed by atoms with Crippen LogP contribution in [0.2, 0.25) is 0 Å². The van der Waals surface area contributed by atoms with E-state index in [-0.39, 0.29) is 11.7 Å². The summed E-state index contributed by atoms with van der Waals surface area (Å²) in [6.45, 7) is 4.02. The third kappa shape index (κ3) is 1.65. The highest BCUT2D eigenvalue weighted by molar-refractivity contribution is 6.18. The number of aldehydes is 1. The number of pyridine rings is 1. The fourth-order valence-corrected chi connectivity index (χ4v) is 3.88. The Labute approximate surface area is 129 Å². The summed E-state index contributed by atoms with van der Waals surface area (Å²) in [7, 11) is 0. The molecule has 0 unspecified atom stereocenters. The van der Waals surface area contributed by atoms with Crippen molar-refractivity contribution < 1.29 is 9.59 Å². The number of Topliss-reactive ketones (excluding diaryl/α,β-unsaturated/α-hetero) is 1. The molecule has 22 heavy (non-hydrogen) atoms. The monoisotopic (exact) mass is 291 g/mol. The lowest BCUT2D eigenvalue weighted by Gasteiger charge is -2.08. The van der Waals surface area contributed by atoms with Crippen molar-refractivity contribution in [3.8, 4) is 0 Å². The van der Waals surface area contributed by atoms with E-state index in [0.29, 0.717) is 5.92 Å². The minimum Gasteiger partial charge on any atom is -0.298 e. The normalized spacial score (nSPS) is 23.6. The highest BCUT2D eigenvalue weighted by Crippen LogP contribution is 2.42. The van der Waals surface area contributed by atoms with Gasteiger partial charge in [0.25, 0.3) is 0 Å². The summed E-state index contributed by atoms with van der Waals surface area (Å²) in [4.78, 5) is 28.2. The topological polar surface area (TPSA) is 47.0 Å². The number of aromatic nitrogens is 1. The van der Waals surface area contributed by atoms with Gasteiger partial charge in [-0.3, -0.25) is 14.6 Å². The highest BCUT2D eigenvalue weighted by Gasteiger charge is 2.31. The average molecular weight is 291 g/mol. The summed E-state index contributed by atoms with van der Waals surface area (Å²) < 4.78 is 0. The van der Waals surface area contributed by atoms with Crippen LogP contribution in [-0.2, 0) is 4.79 Å². The number of benzene rings is 1. The first kappa shape index (κ1) is 13.4. The predicted molar refractivity (Wildman–Crippen MR) is 85.9 cm³/mol. The van der Waals surface area contributed by atoms with E-state index in [9.17, 15) is 9.59 Å². The van der Waals surface area contributed by atoms with Crippen molar-refractivity contribution >= 4 is 28.4 Å². The summed E-state index contributed by atoms with van der Waals surface area (Å²) >= 11 is 0. The Balaban J connectivity index is 2.00. The van der Waals surface area contributed by atoms with E-state index in [1.54, 1.807) is 6.20 Å². The lowest BCUT2D eigenvalue weighted by molar-refractivity contribution is -0.105. The minimum atomic E-state index is -0.122. The van der Waals surface area contributed by atoms with Gasteiger partial charge in [0.05, 0.1) is 0 Å². The van der Waals surface area contributed by atoms with Gasteiger partial charge in [0, 0.05) is 29.3 Å². The van der Waals surface area contributed by atoms with Crippen molar-refractivity contribution in [1.29, 1.82) is 0 Å². The van der Waals surface area contributed by atoms with Gasteiger partial charge in [-0.15, -0.1) is 0 Å². The molecule has 1 aromatic carbocycles. The first-order chi connectivity index (χ1) is 10.6. The van der Waals surface area contributed by atoms with Gasteiger partial charge >= 0.3 is 0 Å². The summed E-state index contributed by atoms with van der Waals surface area (Å²) in [5.74, 6) is 0.341. The Morgan fingerprint density at radius 3 is 2.82 bits per heavy atom. The number of allylic oxidation sites excluding steroid dienone is 2. The van der Waals surface area contributed by atoms with Crippen LogP contribution in [0.3, 0.4) is 0 Å². The zero-order valence-corrected chi connectivity index (χ0v) is 12.7. The Bertz CT molecular complexity index is 863. The zero-order valence-electron chi connectivity index (χ0n) is 12.7. The molecular formula is C19H17NO2. The van der Waals surface area contributed by atoms with Crippen molar-refractivity contribution in [2.24, 2.45) is 5.92 Å². The maximum atomic E-state index is 12.5. The molecule has 2 aliphatic rings. The Kier molecular flexibility index (Phi) is 2.80. The molecule has 0 saturated carbocycles. The van der Waals surface area contributed by atoms with Crippen LogP contribution in [0.5, 0.6) is 0 Å². The molecule has 0 bridgehead atoms. The standard InChI is InChI=1S/C19H17NO2/c1-10-3-4-14(17(10)9-21)12-5-13-7-20-8-16-11(2)19(22)15(6-12)18(13)16/h5-11H,3-4H2,1-2H3/t10-,11+/m1/s1. The van der Waals surface area contributed by atoms with Crippen LogP contribution in [0.4, 0.5) is 0 Å². The van der Waals surface area contributed by atoms with E-state index in [1.165, 1.54) is 0 Å². The summed E-state index contributed by atoms with van der Waals surface area (Å²) in [5.41, 5.74) is 4.80. The molecule has 3 nitrogen and oxygen atoms in total. The molecule has 1 aromatic heterocycles. The maximum absolute atomic E-state index is 12.5. The van der Waals surface area contributed by atoms with E-state index >= 15 is 0 Å².